The smallest absolute Gasteiger partial charge is 0.316 e. The Morgan fingerprint density at radius 2 is 1.72 bits per heavy atom. The van der Waals surface area contributed by atoms with E-state index in [1.165, 1.54) is 7.11 Å². The first-order chi connectivity index (χ1) is 8.12. The molecule has 0 saturated carbocycles. The summed E-state index contributed by atoms with van der Waals surface area (Å²) < 4.78 is 5.28. The molecular formula is C13H20N2O3. The van der Waals surface area contributed by atoms with Gasteiger partial charge in [0.1, 0.15) is 0 Å². The van der Waals surface area contributed by atoms with Crippen LogP contribution in [0.1, 0.15) is 37.5 Å². The van der Waals surface area contributed by atoms with Crippen molar-refractivity contribution in [2.45, 2.75) is 40.0 Å². The lowest BCUT2D eigenvalue weighted by Crippen LogP contribution is -2.18. The molecule has 0 aliphatic rings. The van der Waals surface area contributed by atoms with Crippen molar-refractivity contribution in [1.29, 1.82) is 0 Å². The number of nitrogens with zero attached hydrogens (tertiary/aromatic N) is 1. The Bertz CT molecular complexity index is 502. The number of nitro groups is 1. The van der Waals surface area contributed by atoms with E-state index in [9.17, 15) is 10.1 Å². The Hall–Kier alpha value is -1.78. The number of methoxy groups -OCH3 is 1. The summed E-state index contributed by atoms with van der Waals surface area (Å²) in [4.78, 5) is 10.8. The Balaban J connectivity index is 3.87. The molecule has 1 aromatic rings. The maximum atomic E-state index is 11.2. The van der Waals surface area contributed by atoms with E-state index >= 15 is 0 Å². The first-order valence-electron chi connectivity index (χ1n) is 5.74. The highest BCUT2D eigenvalue weighted by atomic mass is 16.6. The molecule has 0 atom stereocenters. The van der Waals surface area contributed by atoms with Crippen molar-refractivity contribution in [3.8, 4) is 5.75 Å². The zero-order chi connectivity index (χ0) is 14.2. The summed E-state index contributed by atoms with van der Waals surface area (Å²) in [5, 5.41) is 11.2. The number of nitrogens with two attached hydrogens (primary N) is 1. The Labute approximate surface area is 107 Å². The highest BCUT2D eigenvalue weighted by Crippen LogP contribution is 2.45. The van der Waals surface area contributed by atoms with Crippen LogP contribution in [0.2, 0.25) is 0 Å². The maximum Gasteiger partial charge on any atom is 0.316 e. The van der Waals surface area contributed by atoms with Crippen LogP contribution >= 0.6 is 0 Å². The van der Waals surface area contributed by atoms with Crippen LogP contribution in [-0.4, -0.2) is 12.0 Å². The molecule has 0 aliphatic heterocycles. The Kier molecular flexibility index (Phi) is 3.55. The van der Waals surface area contributed by atoms with Crippen molar-refractivity contribution in [3.63, 3.8) is 0 Å². The normalized spacial score (nSPS) is 11.4. The van der Waals surface area contributed by atoms with Crippen LogP contribution in [0, 0.1) is 24.0 Å². The van der Waals surface area contributed by atoms with Crippen molar-refractivity contribution in [2.75, 3.05) is 12.8 Å². The average Bonchev–Trinajstić information content (AvgIpc) is 2.22. The molecule has 1 aromatic carbocycles. The van der Waals surface area contributed by atoms with E-state index in [1.54, 1.807) is 6.92 Å². The first-order valence-corrected chi connectivity index (χ1v) is 5.74. The summed E-state index contributed by atoms with van der Waals surface area (Å²) >= 11 is 0. The van der Waals surface area contributed by atoms with Gasteiger partial charge in [-0.15, -0.1) is 0 Å². The lowest BCUT2D eigenvalue weighted by molar-refractivity contribution is -0.386. The van der Waals surface area contributed by atoms with Crippen molar-refractivity contribution < 1.29 is 9.66 Å². The van der Waals surface area contributed by atoms with Gasteiger partial charge in [-0.25, -0.2) is 0 Å². The van der Waals surface area contributed by atoms with E-state index in [-0.39, 0.29) is 11.1 Å². The van der Waals surface area contributed by atoms with Gasteiger partial charge in [-0.2, -0.15) is 0 Å². The summed E-state index contributed by atoms with van der Waals surface area (Å²) in [6, 6.07) is 0. The monoisotopic (exact) mass is 252 g/mol. The fourth-order valence-electron chi connectivity index (χ4n) is 2.32. The minimum Gasteiger partial charge on any atom is -0.490 e. The zero-order valence-electron chi connectivity index (χ0n) is 11.7. The second-order valence-corrected chi connectivity index (χ2v) is 5.43. The van der Waals surface area contributed by atoms with Crippen LogP contribution in [0.15, 0.2) is 0 Å². The van der Waals surface area contributed by atoms with E-state index in [0.717, 1.165) is 11.1 Å². The molecule has 0 unspecified atom stereocenters. The van der Waals surface area contributed by atoms with Crippen LogP contribution in [0.25, 0.3) is 0 Å². The lowest BCUT2D eigenvalue weighted by atomic mass is 9.81. The van der Waals surface area contributed by atoms with Gasteiger partial charge in [-0.1, -0.05) is 20.8 Å². The van der Waals surface area contributed by atoms with Gasteiger partial charge in [-0.05, 0) is 24.8 Å². The van der Waals surface area contributed by atoms with Crippen molar-refractivity contribution in [2.24, 2.45) is 0 Å². The third-order valence-electron chi connectivity index (χ3n) is 3.12. The van der Waals surface area contributed by atoms with Crippen LogP contribution in [-0.2, 0) is 5.41 Å². The van der Waals surface area contributed by atoms with Gasteiger partial charge in [0, 0.05) is 11.3 Å². The summed E-state index contributed by atoms with van der Waals surface area (Å²) in [7, 11) is 1.45. The van der Waals surface area contributed by atoms with Gasteiger partial charge < -0.3 is 10.5 Å². The molecule has 1 rings (SSSR count). The quantitative estimate of drug-likeness (QED) is 0.498. The summed E-state index contributed by atoms with van der Waals surface area (Å²) in [5.41, 5.74) is 8.24. The summed E-state index contributed by atoms with van der Waals surface area (Å²) in [6.07, 6.45) is 0. The number of nitrogen functional groups attached to an aromatic ring is 1. The Morgan fingerprint density at radius 1 is 1.22 bits per heavy atom. The first kappa shape index (κ1) is 14.3. The van der Waals surface area contributed by atoms with Crippen molar-refractivity contribution in [3.05, 3.63) is 26.8 Å². The average molecular weight is 252 g/mol. The number of anilines is 1. The van der Waals surface area contributed by atoms with Gasteiger partial charge in [0.15, 0.2) is 0 Å². The zero-order valence-corrected chi connectivity index (χ0v) is 11.7. The van der Waals surface area contributed by atoms with E-state index in [0.29, 0.717) is 17.0 Å². The van der Waals surface area contributed by atoms with E-state index < -0.39 is 4.92 Å². The summed E-state index contributed by atoms with van der Waals surface area (Å²) in [5.74, 6) is 0.316. The minimum absolute atomic E-state index is 0.0366. The lowest BCUT2D eigenvalue weighted by Gasteiger charge is -2.26. The third kappa shape index (κ3) is 2.12. The minimum atomic E-state index is -0.431. The molecule has 0 fully saturated rings. The van der Waals surface area contributed by atoms with E-state index in [4.69, 9.17) is 10.5 Å². The third-order valence-corrected chi connectivity index (χ3v) is 3.12. The predicted octanol–water partition coefficient (Wildman–Crippen LogP) is 3.10. The SMILES string of the molecule is COc1c([N+](=O)[O-])c(C)c(N)c(C)c1C(C)(C)C. The second kappa shape index (κ2) is 4.48. The van der Waals surface area contributed by atoms with Crippen molar-refractivity contribution >= 4 is 11.4 Å². The summed E-state index contributed by atoms with van der Waals surface area (Å²) in [6.45, 7) is 9.47. The molecule has 0 aromatic heterocycles. The molecule has 18 heavy (non-hydrogen) atoms. The van der Waals surface area contributed by atoms with Gasteiger partial charge in [-0.3, -0.25) is 10.1 Å². The molecule has 2 N–H and O–H groups in total. The molecule has 100 valence electrons. The standard InChI is InChI=1S/C13H20N2O3/c1-7-9(13(3,4)5)12(18-6)11(15(16)17)8(2)10(7)14/h14H2,1-6H3. The maximum absolute atomic E-state index is 11.2. The van der Waals surface area contributed by atoms with Crippen LogP contribution in [0.3, 0.4) is 0 Å². The molecule has 0 spiro atoms. The van der Waals surface area contributed by atoms with Gasteiger partial charge in [0.2, 0.25) is 5.75 Å². The number of benzene rings is 1. The van der Waals surface area contributed by atoms with E-state index in [1.807, 2.05) is 27.7 Å². The van der Waals surface area contributed by atoms with Crippen LogP contribution < -0.4 is 10.5 Å². The number of rotatable bonds is 2. The molecule has 0 bridgehead atoms. The number of hydrogen-bond donors (Lipinski definition) is 1. The van der Waals surface area contributed by atoms with E-state index in [2.05, 4.69) is 0 Å². The predicted molar refractivity (Wildman–Crippen MR) is 72.2 cm³/mol. The highest BCUT2D eigenvalue weighted by molar-refractivity contribution is 5.72. The van der Waals surface area contributed by atoms with Crippen molar-refractivity contribution in [1.82, 2.24) is 0 Å². The number of ether oxygens (including phenoxy) is 1. The molecule has 0 radical (unpaired) electrons. The molecule has 5 nitrogen and oxygen atoms in total. The molecular weight excluding hydrogens is 232 g/mol. The molecule has 0 saturated heterocycles. The fraction of sp³-hybridized carbons (Fsp3) is 0.538. The number of nitro benzene ring substituents is 1. The van der Waals surface area contributed by atoms with Crippen LogP contribution in [0.4, 0.5) is 11.4 Å². The molecule has 0 heterocycles. The molecule has 0 amide bonds. The van der Waals surface area contributed by atoms with Crippen LogP contribution in [0.5, 0.6) is 5.75 Å². The molecule has 0 aliphatic carbocycles. The van der Waals surface area contributed by atoms with Gasteiger partial charge >= 0.3 is 5.69 Å². The topological polar surface area (TPSA) is 78.4 Å². The Morgan fingerprint density at radius 3 is 2.06 bits per heavy atom. The van der Waals surface area contributed by atoms with Gasteiger partial charge in [0.05, 0.1) is 17.6 Å². The molecule has 5 heteroatoms. The van der Waals surface area contributed by atoms with Gasteiger partial charge in [0.25, 0.3) is 0 Å². The number of hydrogen-bond acceptors (Lipinski definition) is 4. The fourth-order valence-corrected chi connectivity index (χ4v) is 2.32. The largest absolute Gasteiger partial charge is 0.490 e. The second-order valence-electron chi connectivity index (χ2n) is 5.43. The highest BCUT2D eigenvalue weighted by Gasteiger charge is 2.32.